The first kappa shape index (κ1) is 13.3. The van der Waals surface area contributed by atoms with E-state index in [0.29, 0.717) is 0 Å². The van der Waals surface area contributed by atoms with Crippen molar-refractivity contribution >= 4 is 16.0 Å². The van der Waals surface area contributed by atoms with E-state index in [9.17, 15) is 13.2 Å². The zero-order chi connectivity index (χ0) is 11.2. The van der Waals surface area contributed by atoms with Crippen molar-refractivity contribution in [3.05, 3.63) is 0 Å². The van der Waals surface area contributed by atoms with Crippen LogP contribution >= 0.6 is 0 Å². The van der Waals surface area contributed by atoms with E-state index in [1.165, 1.54) is 0 Å². The number of hydrogen-bond donors (Lipinski definition) is 4. The molecule has 84 valence electrons. The fourth-order valence-electron chi connectivity index (χ4n) is 0.680. The van der Waals surface area contributed by atoms with Crippen molar-refractivity contribution < 1.29 is 22.9 Å². The Morgan fingerprint density at radius 2 is 2.07 bits per heavy atom. The topological polar surface area (TPSA) is 130 Å². The van der Waals surface area contributed by atoms with Crippen LogP contribution in [0.5, 0.6) is 0 Å². The highest BCUT2D eigenvalue weighted by Gasteiger charge is 2.11. The predicted octanol–water partition coefficient (Wildman–Crippen LogP) is -2.30. The maximum atomic E-state index is 10.9. The smallest absolute Gasteiger partial charge is 0.264 e. The van der Waals surface area contributed by atoms with Crippen LogP contribution in [0, 0.1) is 0 Å². The second kappa shape index (κ2) is 5.91. The number of amides is 1. The van der Waals surface area contributed by atoms with E-state index >= 15 is 0 Å². The average Bonchev–Trinajstić information content (AvgIpc) is 2.09. The Bertz CT molecular complexity index is 276. The fourth-order valence-corrected chi connectivity index (χ4v) is 1.19. The molecule has 0 rings (SSSR count). The Morgan fingerprint density at radius 1 is 1.50 bits per heavy atom. The van der Waals surface area contributed by atoms with E-state index in [-0.39, 0.29) is 13.0 Å². The Labute approximate surface area is 82.0 Å². The molecular formula is C6H14N2O5S. The first-order valence-corrected chi connectivity index (χ1v) is 5.57. The van der Waals surface area contributed by atoms with Crippen molar-refractivity contribution in [1.29, 1.82) is 0 Å². The number of nitrogens with two attached hydrogens (primary N) is 1. The van der Waals surface area contributed by atoms with Crippen molar-refractivity contribution in [3.63, 3.8) is 0 Å². The minimum atomic E-state index is -3.98. The highest BCUT2D eigenvalue weighted by molar-refractivity contribution is 7.85. The number of aliphatic hydroxyl groups excluding tert-OH is 1. The second-order valence-corrected chi connectivity index (χ2v) is 4.29. The van der Waals surface area contributed by atoms with Crippen LogP contribution in [0.25, 0.3) is 0 Å². The molecule has 0 saturated heterocycles. The van der Waals surface area contributed by atoms with Gasteiger partial charge in [0.05, 0.1) is 12.4 Å². The lowest BCUT2D eigenvalue weighted by molar-refractivity contribution is -0.123. The van der Waals surface area contributed by atoms with Gasteiger partial charge in [-0.2, -0.15) is 8.42 Å². The van der Waals surface area contributed by atoms with E-state index in [1.54, 1.807) is 0 Å². The summed E-state index contributed by atoms with van der Waals surface area (Å²) in [4.78, 5) is 10.9. The van der Waals surface area contributed by atoms with Crippen LogP contribution in [-0.2, 0) is 14.9 Å². The van der Waals surface area contributed by atoms with Gasteiger partial charge in [0.25, 0.3) is 10.1 Å². The summed E-state index contributed by atoms with van der Waals surface area (Å²) in [7, 11) is -3.98. The molecule has 0 aliphatic heterocycles. The third kappa shape index (κ3) is 6.78. The number of rotatable bonds is 6. The summed E-state index contributed by atoms with van der Waals surface area (Å²) in [5.74, 6) is -0.968. The zero-order valence-corrected chi connectivity index (χ0v) is 8.33. The summed E-state index contributed by atoms with van der Waals surface area (Å²) in [5.41, 5.74) is 5.15. The minimum absolute atomic E-state index is 0.0896. The van der Waals surface area contributed by atoms with Gasteiger partial charge in [-0.15, -0.1) is 0 Å². The largest absolute Gasteiger partial charge is 0.394 e. The molecular weight excluding hydrogens is 213 g/mol. The van der Waals surface area contributed by atoms with Crippen LogP contribution in [0.2, 0.25) is 0 Å². The van der Waals surface area contributed by atoms with Crippen LogP contribution < -0.4 is 11.1 Å². The van der Waals surface area contributed by atoms with Gasteiger partial charge in [-0.05, 0) is 6.42 Å². The third-order valence-electron chi connectivity index (χ3n) is 1.41. The van der Waals surface area contributed by atoms with E-state index in [1.807, 2.05) is 0 Å². The molecule has 0 aromatic heterocycles. The van der Waals surface area contributed by atoms with Crippen molar-refractivity contribution in [3.8, 4) is 0 Å². The molecule has 0 heterocycles. The first-order chi connectivity index (χ1) is 6.37. The Morgan fingerprint density at radius 3 is 2.50 bits per heavy atom. The second-order valence-electron chi connectivity index (χ2n) is 2.72. The van der Waals surface area contributed by atoms with Gasteiger partial charge in [0.15, 0.2) is 0 Å². The summed E-state index contributed by atoms with van der Waals surface area (Å²) >= 11 is 0. The normalized spacial score (nSPS) is 13.6. The van der Waals surface area contributed by atoms with E-state index in [0.717, 1.165) is 0 Å². The molecule has 0 aliphatic carbocycles. The SMILES string of the molecule is N[C@@H](CO)[13C](=O)NCCCS(=O)(=O)O. The minimum Gasteiger partial charge on any atom is -0.394 e. The van der Waals surface area contributed by atoms with Gasteiger partial charge in [-0.1, -0.05) is 0 Å². The number of carbonyl (C=O) groups excluding carboxylic acids is 1. The molecule has 0 aliphatic rings. The lowest BCUT2D eigenvalue weighted by atomic mass is 10.4. The molecule has 0 bridgehead atoms. The quantitative estimate of drug-likeness (QED) is 0.229. The van der Waals surface area contributed by atoms with E-state index in [4.69, 9.17) is 15.4 Å². The molecule has 0 spiro atoms. The molecule has 0 aromatic rings. The maximum absolute atomic E-state index is 10.9. The molecule has 1 amide bonds. The van der Waals surface area contributed by atoms with Gasteiger partial charge in [0.1, 0.15) is 6.04 Å². The molecule has 0 aromatic carbocycles. The number of aliphatic hydroxyl groups is 1. The molecule has 0 fully saturated rings. The lowest BCUT2D eigenvalue weighted by Crippen LogP contribution is -2.43. The van der Waals surface area contributed by atoms with Gasteiger partial charge in [-0.25, -0.2) is 0 Å². The Kier molecular flexibility index (Phi) is 5.62. The molecule has 0 unspecified atom stereocenters. The molecule has 1 atom stereocenters. The van der Waals surface area contributed by atoms with Crippen molar-refractivity contribution in [2.75, 3.05) is 18.9 Å². The fraction of sp³-hybridized carbons (Fsp3) is 0.833. The third-order valence-corrected chi connectivity index (χ3v) is 2.22. The van der Waals surface area contributed by atoms with E-state index < -0.39 is 34.4 Å². The zero-order valence-electron chi connectivity index (χ0n) is 7.51. The van der Waals surface area contributed by atoms with E-state index in [2.05, 4.69) is 5.32 Å². The molecule has 0 saturated carbocycles. The van der Waals surface area contributed by atoms with Crippen molar-refractivity contribution in [2.24, 2.45) is 5.73 Å². The van der Waals surface area contributed by atoms with Crippen LogP contribution in [0.3, 0.4) is 0 Å². The summed E-state index contributed by atoms with van der Waals surface area (Å²) in [6.45, 7) is -0.379. The van der Waals surface area contributed by atoms with Gasteiger partial charge < -0.3 is 16.2 Å². The molecule has 14 heavy (non-hydrogen) atoms. The van der Waals surface area contributed by atoms with Gasteiger partial charge in [-0.3, -0.25) is 9.35 Å². The van der Waals surface area contributed by atoms with Crippen LogP contribution in [-0.4, -0.2) is 48.9 Å². The average molecular weight is 227 g/mol. The van der Waals surface area contributed by atoms with Crippen molar-refractivity contribution in [2.45, 2.75) is 12.5 Å². The monoisotopic (exact) mass is 227 g/mol. The molecule has 0 radical (unpaired) electrons. The highest BCUT2D eigenvalue weighted by atomic mass is 32.2. The summed E-state index contributed by atoms with van der Waals surface area (Å²) < 4.78 is 28.8. The summed E-state index contributed by atoms with van der Waals surface area (Å²) in [6, 6.07) is -0.999. The number of hydrogen-bond acceptors (Lipinski definition) is 5. The van der Waals surface area contributed by atoms with Crippen LogP contribution in [0.4, 0.5) is 0 Å². The standard InChI is InChI=1S/C6H14N2O5S/c7-5(4-9)6(10)8-2-1-3-14(11,12)13/h5,9H,1-4,7H2,(H,8,10)(H,11,12,13)/t5-/m0/s1/i6+1. The van der Waals surface area contributed by atoms with Crippen molar-refractivity contribution in [1.82, 2.24) is 5.32 Å². The predicted molar refractivity (Wildman–Crippen MR) is 49.1 cm³/mol. The summed E-state index contributed by atoms with van der Waals surface area (Å²) in [6.07, 6.45) is 0.0999. The van der Waals surface area contributed by atoms with Gasteiger partial charge >= 0.3 is 0 Å². The maximum Gasteiger partial charge on any atom is 0.264 e. The Hall–Kier alpha value is -0.700. The summed E-state index contributed by atoms with van der Waals surface area (Å²) in [5, 5.41) is 10.8. The van der Waals surface area contributed by atoms with Crippen LogP contribution in [0.15, 0.2) is 0 Å². The van der Waals surface area contributed by atoms with Gasteiger partial charge in [0, 0.05) is 6.54 Å². The molecule has 5 N–H and O–H groups in total. The Balaban J connectivity index is 3.61. The highest BCUT2D eigenvalue weighted by Crippen LogP contribution is 1.87. The van der Waals surface area contributed by atoms with Gasteiger partial charge in [0.2, 0.25) is 5.91 Å². The first-order valence-electron chi connectivity index (χ1n) is 3.96. The van der Waals surface area contributed by atoms with Crippen LogP contribution in [0.1, 0.15) is 6.42 Å². The molecule has 8 heteroatoms. The lowest BCUT2D eigenvalue weighted by Gasteiger charge is -2.08. The molecule has 7 nitrogen and oxygen atoms in total. The number of nitrogens with one attached hydrogen (secondary N) is 1. The number of carbonyl (C=O) groups is 1.